The van der Waals surface area contributed by atoms with E-state index in [1.165, 1.54) is 0 Å². The van der Waals surface area contributed by atoms with E-state index in [0.717, 1.165) is 16.6 Å². The van der Waals surface area contributed by atoms with Gasteiger partial charge in [-0.2, -0.15) is 0 Å². The normalized spacial score (nSPS) is 12.4. The molecule has 20 heavy (non-hydrogen) atoms. The van der Waals surface area contributed by atoms with Gasteiger partial charge in [0.15, 0.2) is 0 Å². The van der Waals surface area contributed by atoms with Crippen molar-refractivity contribution in [1.29, 1.82) is 0 Å². The fourth-order valence-corrected chi connectivity index (χ4v) is 2.29. The molecular formula is C16H14N2O2. The number of H-pyrrole nitrogens is 1. The number of nitrogens with zero attached hydrogens (tertiary/aromatic N) is 1. The van der Waals surface area contributed by atoms with E-state index in [-0.39, 0.29) is 0 Å². The molecule has 0 saturated carbocycles. The zero-order valence-electron chi connectivity index (χ0n) is 10.8. The van der Waals surface area contributed by atoms with Crippen LogP contribution >= 0.6 is 0 Å². The molecule has 3 aromatic rings. The van der Waals surface area contributed by atoms with E-state index in [0.29, 0.717) is 12.2 Å². The molecule has 4 nitrogen and oxygen atoms in total. The molecule has 1 unspecified atom stereocenters. The number of rotatable bonds is 4. The van der Waals surface area contributed by atoms with Crippen LogP contribution in [0.2, 0.25) is 0 Å². The lowest BCUT2D eigenvalue weighted by molar-refractivity contribution is -0.138. The van der Waals surface area contributed by atoms with Crippen molar-refractivity contribution in [3.8, 4) is 0 Å². The van der Waals surface area contributed by atoms with Crippen LogP contribution in [-0.4, -0.2) is 21.0 Å². The van der Waals surface area contributed by atoms with Gasteiger partial charge in [0.05, 0.1) is 11.0 Å². The molecule has 0 radical (unpaired) electrons. The summed E-state index contributed by atoms with van der Waals surface area (Å²) in [5.41, 5.74) is 2.64. The van der Waals surface area contributed by atoms with Gasteiger partial charge in [-0.3, -0.25) is 4.79 Å². The molecule has 2 N–H and O–H groups in total. The fourth-order valence-electron chi connectivity index (χ4n) is 2.29. The lowest BCUT2D eigenvalue weighted by Crippen LogP contribution is -2.15. The van der Waals surface area contributed by atoms with E-state index in [2.05, 4.69) is 9.97 Å². The van der Waals surface area contributed by atoms with Crippen LogP contribution < -0.4 is 0 Å². The molecule has 1 atom stereocenters. The zero-order chi connectivity index (χ0) is 13.9. The maximum Gasteiger partial charge on any atom is 0.314 e. The minimum absolute atomic E-state index is 0.427. The smallest absolute Gasteiger partial charge is 0.314 e. The van der Waals surface area contributed by atoms with E-state index in [4.69, 9.17) is 0 Å². The van der Waals surface area contributed by atoms with Gasteiger partial charge in [-0.15, -0.1) is 0 Å². The summed E-state index contributed by atoms with van der Waals surface area (Å²) in [4.78, 5) is 19.0. The second-order valence-electron chi connectivity index (χ2n) is 4.72. The Balaban J connectivity index is 1.96. The first-order valence-corrected chi connectivity index (χ1v) is 6.45. The van der Waals surface area contributed by atoms with Crippen LogP contribution in [0.1, 0.15) is 17.3 Å². The minimum Gasteiger partial charge on any atom is -0.481 e. The molecule has 1 aromatic heterocycles. The Morgan fingerprint density at radius 3 is 2.50 bits per heavy atom. The SMILES string of the molecule is O=C(O)C(Cc1ccccc1)c1nc2ccccc2[nH]1. The second kappa shape index (κ2) is 5.17. The molecule has 4 heteroatoms. The number of nitrogens with one attached hydrogen (secondary N) is 1. The predicted molar refractivity (Wildman–Crippen MR) is 76.6 cm³/mol. The number of carboxylic acids is 1. The molecule has 0 bridgehead atoms. The van der Waals surface area contributed by atoms with Crippen LogP contribution in [0.25, 0.3) is 11.0 Å². The number of carboxylic acid groups (broad SMARTS) is 1. The second-order valence-corrected chi connectivity index (χ2v) is 4.72. The van der Waals surface area contributed by atoms with E-state index in [1.54, 1.807) is 0 Å². The highest BCUT2D eigenvalue weighted by atomic mass is 16.4. The molecule has 100 valence electrons. The zero-order valence-corrected chi connectivity index (χ0v) is 10.8. The van der Waals surface area contributed by atoms with Gasteiger partial charge in [0, 0.05) is 0 Å². The Labute approximate surface area is 116 Å². The standard InChI is InChI=1S/C16H14N2O2/c19-16(20)12(10-11-6-2-1-3-7-11)15-17-13-8-4-5-9-14(13)18-15/h1-9,12H,10H2,(H,17,18)(H,19,20). The first kappa shape index (κ1) is 12.4. The molecule has 3 rings (SSSR count). The topological polar surface area (TPSA) is 66.0 Å². The van der Waals surface area contributed by atoms with Crippen molar-refractivity contribution in [2.75, 3.05) is 0 Å². The van der Waals surface area contributed by atoms with Crippen LogP contribution in [0.5, 0.6) is 0 Å². The highest BCUT2D eigenvalue weighted by Gasteiger charge is 2.23. The maximum absolute atomic E-state index is 11.5. The summed E-state index contributed by atoms with van der Waals surface area (Å²) in [6.45, 7) is 0. The summed E-state index contributed by atoms with van der Waals surface area (Å²) >= 11 is 0. The maximum atomic E-state index is 11.5. The quantitative estimate of drug-likeness (QED) is 0.763. The van der Waals surface area contributed by atoms with Crippen molar-refractivity contribution in [3.05, 3.63) is 66.0 Å². The summed E-state index contributed by atoms with van der Waals surface area (Å²) in [5.74, 6) is -1.03. The Bertz CT molecular complexity index is 701. The Kier molecular flexibility index (Phi) is 3.21. The Hall–Kier alpha value is -2.62. The summed E-state index contributed by atoms with van der Waals surface area (Å²) in [6.07, 6.45) is 0.427. The van der Waals surface area contributed by atoms with Crippen LogP contribution in [-0.2, 0) is 11.2 Å². The van der Waals surface area contributed by atoms with Crippen LogP contribution in [0.4, 0.5) is 0 Å². The molecule has 0 amide bonds. The predicted octanol–water partition coefficient (Wildman–Crippen LogP) is 2.97. The third-order valence-corrected chi connectivity index (χ3v) is 3.32. The lowest BCUT2D eigenvalue weighted by Gasteiger charge is -2.09. The average molecular weight is 266 g/mol. The van der Waals surface area contributed by atoms with Gasteiger partial charge in [0.25, 0.3) is 0 Å². The van der Waals surface area contributed by atoms with E-state index in [1.807, 2.05) is 54.6 Å². The number of aromatic amines is 1. The summed E-state index contributed by atoms with van der Waals surface area (Å²) in [6, 6.07) is 17.2. The fraction of sp³-hybridized carbons (Fsp3) is 0.125. The molecule has 0 saturated heterocycles. The van der Waals surface area contributed by atoms with Gasteiger partial charge in [-0.1, -0.05) is 42.5 Å². The van der Waals surface area contributed by atoms with Crippen molar-refractivity contribution < 1.29 is 9.90 Å². The first-order valence-electron chi connectivity index (χ1n) is 6.45. The molecule has 0 aliphatic heterocycles. The third kappa shape index (κ3) is 2.40. The highest BCUT2D eigenvalue weighted by Crippen LogP contribution is 2.21. The van der Waals surface area contributed by atoms with Crippen LogP contribution in [0, 0.1) is 0 Å². The summed E-state index contributed by atoms with van der Waals surface area (Å²) in [7, 11) is 0. The molecular weight excluding hydrogens is 252 g/mol. The van der Waals surface area contributed by atoms with Gasteiger partial charge in [-0.05, 0) is 24.1 Å². The number of fused-ring (bicyclic) bond motifs is 1. The highest BCUT2D eigenvalue weighted by molar-refractivity contribution is 5.79. The number of imidazole rings is 1. The van der Waals surface area contributed by atoms with Crippen molar-refractivity contribution in [3.63, 3.8) is 0 Å². The van der Waals surface area contributed by atoms with Crippen molar-refractivity contribution in [1.82, 2.24) is 9.97 Å². The van der Waals surface area contributed by atoms with Crippen molar-refractivity contribution in [2.24, 2.45) is 0 Å². The monoisotopic (exact) mass is 266 g/mol. The molecule has 0 aliphatic rings. The van der Waals surface area contributed by atoms with E-state index < -0.39 is 11.9 Å². The van der Waals surface area contributed by atoms with Gasteiger partial charge >= 0.3 is 5.97 Å². The van der Waals surface area contributed by atoms with Gasteiger partial charge in [0.1, 0.15) is 11.7 Å². The number of aromatic nitrogens is 2. The van der Waals surface area contributed by atoms with Gasteiger partial charge in [-0.25, -0.2) is 4.98 Å². The van der Waals surface area contributed by atoms with Crippen LogP contribution in [0.3, 0.4) is 0 Å². The van der Waals surface area contributed by atoms with Crippen molar-refractivity contribution in [2.45, 2.75) is 12.3 Å². The number of benzene rings is 2. The average Bonchev–Trinajstić information content (AvgIpc) is 2.89. The number of hydrogen-bond acceptors (Lipinski definition) is 2. The Morgan fingerprint density at radius 1 is 1.10 bits per heavy atom. The van der Waals surface area contributed by atoms with Crippen molar-refractivity contribution >= 4 is 17.0 Å². The third-order valence-electron chi connectivity index (χ3n) is 3.32. The largest absolute Gasteiger partial charge is 0.481 e. The number of aliphatic carboxylic acids is 1. The van der Waals surface area contributed by atoms with Gasteiger partial charge < -0.3 is 10.1 Å². The van der Waals surface area contributed by atoms with E-state index in [9.17, 15) is 9.90 Å². The van der Waals surface area contributed by atoms with Gasteiger partial charge in [0.2, 0.25) is 0 Å². The van der Waals surface area contributed by atoms with Crippen LogP contribution in [0.15, 0.2) is 54.6 Å². The number of carbonyl (C=O) groups is 1. The number of hydrogen-bond donors (Lipinski definition) is 2. The summed E-state index contributed by atoms with van der Waals surface area (Å²) < 4.78 is 0. The molecule has 0 fully saturated rings. The minimum atomic E-state index is -0.868. The molecule has 1 heterocycles. The summed E-state index contributed by atoms with van der Waals surface area (Å²) in [5, 5.41) is 9.45. The molecule has 0 aliphatic carbocycles. The lowest BCUT2D eigenvalue weighted by atomic mass is 9.99. The number of para-hydroxylation sites is 2. The Morgan fingerprint density at radius 2 is 1.80 bits per heavy atom. The van der Waals surface area contributed by atoms with E-state index >= 15 is 0 Å². The molecule has 2 aromatic carbocycles. The molecule has 0 spiro atoms. The first-order chi connectivity index (χ1) is 9.74.